The molecule has 106 valence electrons. The number of hydrogen-bond donors (Lipinski definition) is 2. The molecule has 1 unspecified atom stereocenters. The van der Waals surface area contributed by atoms with E-state index in [-0.39, 0.29) is 23.5 Å². The molecule has 0 aromatic heterocycles. The van der Waals surface area contributed by atoms with Gasteiger partial charge in [0.15, 0.2) is 9.84 Å². The second-order valence-corrected chi connectivity index (χ2v) is 7.06. The van der Waals surface area contributed by atoms with E-state index in [4.69, 9.17) is 6.42 Å². The molecule has 1 heterocycles. The van der Waals surface area contributed by atoms with Crippen molar-refractivity contribution < 1.29 is 13.2 Å². The molecule has 1 fully saturated rings. The summed E-state index contributed by atoms with van der Waals surface area (Å²) in [6, 6.07) is 6.60. The molecule has 2 amide bonds. The van der Waals surface area contributed by atoms with Gasteiger partial charge in [-0.3, -0.25) is 0 Å². The molecule has 1 aromatic carbocycles. The van der Waals surface area contributed by atoms with Crippen LogP contribution in [0.2, 0.25) is 0 Å². The lowest BCUT2D eigenvalue weighted by molar-refractivity contribution is 0.250. The van der Waals surface area contributed by atoms with Gasteiger partial charge in [0.1, 0.15) is 0 Å². The summed E-state index contributed by atoms with van der Waals surface area (Å²) in [4.78, 5) is 11.7. The average Bonchev–Trinajstić information content (AvgIpc) is 2.76. The van der Waals surface area contributed by atoms with Gasteiger partial charge in [-0.25, -0.2) is 13.2 Å². The van der Waals surface area contributed by atoms with Gasteiger partial charge in [0.25, 0.3) is 0 Å². The summed E-state index contributed by atoms with van der Waals surface area (Å²) in [6.45, 7) is 0.361. The van der Waals surface area contributed by atoms with Crippen LogP contribution >= 0.6 is 0 Å². The first-order valence-electron chi connectivity index (χ1n) is 6.30. The highest BCUT2D eigenvalue weighted by Crippen LogP contribution is 2.17. The normalized spacial score (nSPS) is 20.1. The summed E-state index contributed by atoms with van der Waals surface area (Å²) in [5.41, 5.74) is 1.29. The van der Waals surface area contributed by atoms with Crippen LogP contribution in [0, 0.1) is 18.3 Å². The van der Waals surface area contributed by atoms with Crippen molar-refractivity contribution in [3.63, 3.8) is 0 Å². The smallest absolute Gasteiger partial charge is 0.319 e. The lowest BCUT2D eigenvalue weighted by Crippen LogP contribution is -2.33. The molecule has 0 saturated carbocycles. The van der Waals surface area contributed by atoms with Gasteiger partial charge in [0.2, 0.25) is 0 Å². The Morgan fingerprint density at radius 3 is 2.90 bits per heavy atom. The Labute approximate surface area is 118 Å². The molecule has 1 aromatic rings. The SMILES string of the molecule is C#Cc1cccc(NC(=O)NCC2CCS(=O)(=O)C2)c1. The van der Waals surface area contributed by atoms with Gasteiger partial charge in [0.05, 0.1) is 11.5 Å². The van der Waals surface area contributed by atoms with Gasteiger partial charge >= 0.3 is 6.03 Å². The van der Waals surface area contributed by atoms with E-state index in [2.05, 4.69) is 16.6 Å². The minimum atomic E-state index is -2.91. The Kier molecular flexibility index (Phi) is 4.30. The number of nitrogens with one attached hydrogen (secondary N) is 2. The summed E-state index contributed by atoms with van der Waals surface area (Å²) in [7, 11) is -2.91. The van der Waals surface area contributed by atoms with E-state index >= 15 is 0 Å². The zero-order chi connectivity index (χ0) is 14.6. The Hall–Kier alpha value is -2.00. The number of anilines is 1. The molecular formula is C14H16N2O3S. The van der Waals surface area contributed by atoms with Crippen molar-refractivity contribution in [2.24, 2.45) is 5.92 Å². The zero-order valence-corrected chi connectivity index (χ0v) is 11.7. The highest BCUT2D eigenvalue weighted by molar-refractivity contribution is 7.91. The first-order valence-corrected chi connectivity index (χ1v) is 8.12. The van der Waals surface area contributed by atoms with Crippen molar-refractivity contribution in [3.8, 4) is 12.3 Å². The maximum atomic E-state index is 11.7. The van der Waals surface area contributed by atoms with Crippen molar-refractivity contribution in [1.82, 2.24) is 5.32 Å². The molecule has 20 heavy (non-hydrogen) atoms. The fourth-order valence-corrected chi connectivity index (χ4v) is 3.99. The van der Waals surface area contributed by atoms with Crippen LogP contribution < -0.4 is 10.6 Å². The highest BCUT2D eigenvalue weighted by atomic mass is 32.2. The number of urea groups is 1. The maximum absolute atomic E-state index is 11.7. The van der Waals surface area contributed by atoms with Crippen molar-refractivity contribution in [2.45, 2.75) is 6.42 Å². The third-order valence-corrected chi connectivity index (χ3v) is 5.00. The summed E-state index contributed by atoms with van der Waals surface area (Å²) >= 11 is 0. The van der Waals surface area contributed by atoms with E-state index < -0.39 is 9.84 Å². The van der Waals surface area contributed by atoms with Crippen LogP contribution in [0.15, 0.2) is 24.3 Å². The number of sulfone groups is 1. The molecule has 2 rings (SSSR count). The molecule has 1 aliphatic rings. The molecular weight excluding hydrogens is 276 g/mol. The van der Waals surface area contributed by atoms with Crippen LogP contribution in [0.4, 0.5) is 10.5 Å². The van der Waals surface area contributed by atoms with E-state index in [1.54, 1.807) is 24.3 Å². The lowest BCUT2D eigenvalue weighted by Gasteiger charge is -2.11. The Bertz CT molecular complexity index is 647. The van der Waals surface area contributed by atoms with Crippen LogP contribution in [0.5, 0.6) is 0 Å². The molecule has 1 atom stereocenters. The summed E-state index contributed by atoms with van der Waals surface area (Å²) in [6.07, 6.45) is 5.89. The average molecular weight is 292 g/mol. The van der Waals surface area contributed by atoms with Gasteiger partial charge in [-0.15, -0.1) is 6.42 Å². The monoisotopic (exact) mass is 292 g/mol. The standard InChI is InChI=1S/C14H16N2O3S/c1-2-11-4-3-5-13(8-11)16-14(17)15-9-12-6-7-20(18,19)10-12/h1,3-5,8,12H,6-7,9-10H2,(H2,15,16,17). The van der Waals surface area contributed by atoms with E-state index in [1.165, 1.54) is 0 Å². The van der Waals surface area contributed by atoms with E-state index in [0.29, 0.717) is 24.2 Å². The minimum Gasteiger partial charge on any atom is -0.338 e. The van der Waals surface area contributed by atoms with Crippen molar-refractivity contribution >= 4 is 21.6 Å². The zero-order valence-electron chi connectivity index (χ0n) is 10.9. The van der Waals surface area contributed by atoms with Crippen molar-refractivity contribution in [3.05, 3.63) is 29.8 Å². The molecule has 2 N–H and O–H groups in total. The van der Waals surface area contributed by atoms with Crippen molar-refractivity contribution in [2.75, 3.05) is 23.4 Å². The fourth-order valence-electron chi connectivity index (χ4n) is 2.13. The molecule has 5 nitrogen and oxygen atoms in total. The second-order valence-electron chi connectivity index (χ2n) is 4.83. The molecule has 0 aliphatic carbocycles. The lowest BCUT2D eigenvalue weighted by atomic mass is 10.1. The van der Waals surface area contributed by atoms with E-state index in [0.717, 1.165) is 0 Å². The van der Waals surface area contributed by atoms with Crippen LogP contribution in [0.1, 0.15) is 12.0 Å². The Morgan fingerprint density at radius 2 is 2.25 bits per heavy atom. The summed E-state index contributed by atoms with van der Waals surface area (Å²) in [5.74, 6) is 2.86. The minimum absolute atomic E-state index is 0.00259. The van der Waals surface area contributed by atoms with Gasteiger partial charge in [0, 0.05) is 17.8 Å². The number of carbonyl (C=O) groups is 1. The largest absolute Gasteiger partial charge is 0.338 e. The Morgan fingerprint density at radius 1 is 1.45 bits per heavy atom. The van der Waals surface area contributed by atoms with Gasteiger partial charge in [-0.05, 0) is 30.5 Å². The number of benzene rings is 1. The van der Waals surface area contributed by atoms with Crippen LogP contribution in [-0.4, -0.2) is 32.5 Å². The topological polar surface area (TPSA) is 75.3 Å². The molecule has 1 saturated heterocycles. The third kappa shape index (κ3) is 4.00. The molecule has 0 spiro atoms. The summed E-state index contributed by atoms with van der Waals surface area (Å²) < 4.78 is 22.6. The van der Waals surface area contributed by atoms with Crippen LogP contribution in [0.25, 0.3) is 0 Å². The number of terminal acetylenes is 1. The van der Waals surface area contributed by atoms with Gasteiger partial charge in [-0.1, -0.05) is 12.0 Å². The van der Waals surface area contributed by atoms with Gasteiger partial charge < -0.3 is 10.6 Å². The predicted octanol–water partition coefficient (Wildman–Crippen LogP) is 1.22. The number of hydrogen-bond acceptors (Lipinski definition) is 3. The first-order chi connectivity index (χ1) is 9.48. The molecule has 6 heteroatoms. The Balaban J connectivity index is 1.83. The maximum Gasteiger partial charge on any atom is 0.319 e. The fraction of sp³-hybridized carbons (Fsp3) is 0.357. The number of amides is 2. The molecule has 0 radical (unpaired) electrons. The predicted molar refractivity (Wildman–Crippen MR) is 78.2 cm³/mol. The van der Waals surface area contributed by atoms with Gasteiger partial charge in [-0.2, -0.15) is 0 Å². The highest BCUT2D eigenvalue weighted by Gasteiger charge is 2.27. The summed E-state index contributed by atoms with van der Waals surface area (Å²) in [5, 5.41) is 5.35. The first kappa shape index (κ1) is 14.4. The second kappa shape index (κ2) is 5.97. The molecule has 0 bridgehead atoms. The van der Waals surface area contributed by atoms with Crippen molar-refractivity contribution in [1.29, 1.82) is 0 Å². The third-order valence-electron chi connectivity index (χ3n) is 3.17. The van der Waals surface area contributed by atoms with Crippen LogP contribution in [0.3, 0.4) is 0 Å². The number of rotatable bonds is 3. The van der Waals surface area contributed by atoms with Crippen LogP contribution in [-0.2, 0) is 9.84 Å². The number of carbonyl (C=O) groups excluding carboxylic acids is 1. The van der Waals surface area contributed by atoms with E-state index in [9.17, 15) is 13.2 Å². The molecule has 1 aliphatic heterocycles. The van der Waals surface area contributed by atoms with E-state index in [1.807, 2.05) is 0 Å². The quantitative estimate of drug-likeness (QED) is 0.823.